The number of fused-ring (bicyclic) bond motifs is 1. The average Bonchev–Trinajstić information content (AvgIpc) is 2.70. The molecule has 2 aliphatic carbocycles. The second kappa shape index (κ2) is 6.39. The van der Waals surface area contributed by atoms with Gasteiger partial charge in [-0.15, -0.1) is 0 Å². The fourth-order valence-corrected chi connectivity index (χ4v) is 5.45. The molecule has 0 aromatic heterocycles. The smallest absolute Gasteiger partial charge is 0.234 e. The van der Waals surface area contributed by atoms with E-state index in [4.69, 9.17) is 18.9 Å². The Balaban J connectivity index is 2.03. The Morgan fingerprint density at radius 3 is 2.36 bits per heavy atom. The lowest BCUT2D eigenvalue weighted by molar-refractivity contribution is -0.175. The molecule has 1 aromatic carbocycles. The van der Waals surface area contributed by atoms with E-state index in [-0.39, 0.29) is 11.8 Å². The molecule has 152 valence electrons. The van der Waals surface area contributed by atoms with Crippen LogP contribution in [0.4, 0.5) is 0 Å². The maximum atomic E-state index is 13.5. The minimum Gasteiger partial charge on any atom is -0.497 e. The summed E-state index contributed by atoms with van der Waals surface area (Å²) < 4.78 is 21.9. The molecule has 0 unspecified atom stereocenters. The van der Waals surface area contributed by atoms with Crippen LogP contribution in [0.25, 0.3) is 0 Å². The number of ketones is 1. The van der Waals surface area contributed by atoms with Gasteiger partial charge in [0.2, 0.25) is 11.5 Å². The lowest BCUT2D eigenvalue weighted by atomic mass is 9.50. The molecule has 1 fully saturated rings. The number of allylic oxidation sites excluding steroid dienone is 1. The number of likely N-dealkylation sites (N-methyl/N-ethyl adjacent to an activating group) is 1. The molecule has 0 amide bonds. The van der Waals surface area contributed by atoms with Gasteiger partial charge in [-0.2, -0.15) is 0 Å². The number of rotatable bonds is 4. The molecule has 3 aliphatic rings. The Hall–Kier alpha value is -2.25. The summed E-state index contributed by atoms with van der Waals surface area (Å²) in [5.74, 6) is 1.41. The summed E-state index contributed by atoms with van der Waals surface area (Å²) in [6.07, 6.45) is 1.55. The SMILES string of the molecule is COC1=C(OC)C(=O)[C@@]2(O)[C@@H]3Cc4cc(OC)c(OC)cc4[C@@]2(CCN3C)C1. The molecule has 7 nitrogen and oxygen atoms in total. The van der Waals surface area contributed by atoms with Crippen molar-refractivity contribution in [2.24, 2.45) is 0 Å². The first-order valence-electron chi connectivity index (χ1n) is 9.41. The average molecular weight is 389 g/mol. The van der Waals surface area contributed by atoms with E-state index in [2.05, 4.69) is 4.90 Å². The van der Waals surface area contributed by atoms with Gasteiger partial charge in [0.15, 0.2) is 17.1 Å². The van der Waals surface area contributed by atoms with Crippen LogP contribution >= 0.6 is 0 Å². The molecular weight excluding hydrogens is 362 g/mol. The van der Waals surface area contributed by atoms with Crippen molar-refractivity contribution < 1.29 is 28.8 Å². The molecule has 0 spiro atoms. The quantitative estimate of drug-likeness (QED) is 0.834. The molecular formula is C21H27NO6. The van der Waals surface area contributed by atoms with E-state index in [0.29, 0.717) is 36.5 Å². The van der Waals surface area contributed by atoms with Crippen LogP contribution in [0.3, 0.4) is 0 Å². The van der Waals surface area contributed by atoms with Crippen LogP contribution < -0.4 is 9.47 Å². The predicted octanol–water partition coefficient (Wildman–Crippen LogP) is 1.41. The zero-order valence-electron chi connectivity index (χ0n) is 17.0. The summed E-state index contributed by atoms with van der Waals surface area (Å²) in [6.45, 7) is 0.771. The molecule has 2 bridgehead atoms. The molecule has 1 saturated heterocycles. The van der Waals surface area contributed by atoms with E-state index in [0.717, 1.165) is 17.7 Å². The van der Waals surface area contributed by atoms with Gasteiger partial charge in [-0.05, 0) is 49.7 Å². The zero-order chi connectivity index (χ0) is 20.3. The minimum absolute atomic E-state index is 0.116. The van der Waals surface area contributed by atoms with Crippen LogP contribution in [0, 0.1) is 0 Å². The third-order valence-electron chi connectivity index (χ3n) is 6.89. The van der Waals surface area contributed by atoms with Crippen LogP contribution in [-0.4, -0.2) is 69.5 Å². The number of aliphatic hydroxyl groups is 1. The summed E-state index contributed by atoms with van der Waals surface area (Å²) in [7, 11) is 8.12. The van der Waals surface area contributed by atoms with Gasteiger partial charge in [0, 0.05) is 11.8 Å². The molecule has 1 N–H and O–H groups in total. The third kappa shape index (κ3) is 2.14. The van der Waals surface area contributed by atoms with Gasteiger partial charge in [0.1, 0.15) is 5.76 Å². The van der Waals surface area contributed by atoms with Crippen molar-refractivity contribution in [3.63, 3.8) is 0 Å². The summed E-state index contributed by atoms with van der Waals surface area (Å²) in [5, 5.41) is 12.0. The van der Waals surface area contributed by atoms with E-state index in [9.17, 15) is 9.90 Å². The standard InChI is InChI=1S/C21H27NO6/c1-22-7-6-20-11-16(27-4)18(28-5)19(23)21(20,24)17(22)9-12-8-14(25-2)15(26-3)10-13(12)20/h8,10,17,24H,6-7,9,11H2,1-5H3/t17-,20+,21-/m0/s1. The third-order valence-corrected chi connectivity index (χ3v) is 6.89. The van der Waals surface area contributed by atoms with Crippen molar-refractivity contribution in [1.82, 2.24) is 4.90 Å². The van der Waals surface area contributed by atoms with Crippen LogP contribution in [0.2, 0.25) is 0 Å². The second-order valence-corrected chi connectivity index (χ2v) is 7.83. The predicted molar refractivity (Wildman–Crippen MR) is 102 cm³/mol. The number of hydrogen-bond donors (Lipinski definition) is 1. The van der Waals surface area contributed by atoms with Crippen molar-refractivity contribution >= 4 is 5.78 Å². The van der Waals surface area contributed by atoms with Gasteiger partial charge in [-0.3, -0.25) is 9.69 Å². The Kier molecular flexibility index (Phi) is 4.35. The van der Waals surface area contributed by atoms with Gasteiger partial charge < -0.3 is 24.1 Å². The number of hydrogen-bond acceptors (Lipinski definition) is 7. The first-order valence-corrected chi connectivity index (χ1v) is 9.41. The van der Waals surface area contributed by atoms with Crippen molar-refractivity contribution in [2.45, 2.75) is 36.3 Å². The van der Waals surface area contributed by atoms with Crippen LogP contribution in [0.1, 0.15) is 24.0 Å². The van der Waals surface area contributed by atoms with Crippen LogP contribution in [0.5, 0.6) is 11.5 Å². The highest BCUT2D eigenvalue weighted by atomic mass is 16.5. The number of methoxy groups -OCH3 is 4. The van der Waals surface area contributed by atoms with E-state index >= 15 is 0 Å². The Morgan fingerprint density at radius 1 is 1.07 bits per heavy atom. The second-order valence-electron chi connectivity index (χ2n) is 7.83. The molecule has 0 saturated carbocycles. The highest BCUT2D eigenvalue weighted by Gasteiger charge is 2.69. The van der Waals surface area contributed by atoms with Gasteiger partial charge in [-0.1, -0.05) is 0 Å². The van der Waals surface area contributed by atoms with Crippen molar-refractivity contribution in [3.8, 4) is 11.5 Å². The van der Waals surface area contributed by atoms with E-state index in [1.54, 1.807) is 14.2 Å². The van der Waals surface area contributed by atoms with E-state index in [1.165, 1.54) is 14.2 Å². The maximum Gasteiger partial charge on any atom is 0.234 e. The number of ether oxygens (including phenoxy) is 4. The molecule has 1 aromatic rings. The highest BCUT2D eigenvalue weighted by Crippen LogP contribution is 2.59. The zero-order valence-corrected chi connectivity index (χ0v) is 17.0. The molecule has 1 heterocycles. The fourth-order valence-electron chi connectivity index (χ4n) is 5.45. The summed E-state index contributed by atoms with van der Waals surface area (Å²) in [4.78, 5) is 15.6. The molecule has 1 aliphatic heterocycles. The first kappa shape index (κ1) is 19.1. The number of piperidine rings is 1. The fraction of sp³-hybridized carbons (Fsp3) is 0.571. The lowest BCUT2D eigenvalue weighted by Gasteiger charge is -2.61. The Bertz CT molecular complexity index is 865. The molecule has 3 atom stereocenters. The van der Waals surface area contributed by atoms with Gasteiger partial charge in [0.25, 0.3) is 0 Å². The minimum atomic E-state index is -1.60. The summed E-state index contributed by atoms with van der Waals surface area (Å²) in [6, 6.07) is 3.52. The van der Waals surface area contributed by atoms with E-state index < -0.39 is 16.8 Å². The summed E-state index contributed by atoms with van der Waals surface area (Å²) >= 11 is 0. The van der Waals surface area contributed by atoms with Crippen LogP contribution in [-0.2, 0) is 26.1 Å². The van der Waals surface area contributed by atoms with Crippen molar-refractivity contribution in [2.75, 3.05) is 42.0 Å². The van der Waals surface area contributed by atoms with E-state index in [1.807, 2.05) is 19.2 Å². The monoisotopic (exact) mass is 389 g/mol. The number of Topliss-reactive ketones (excluding diaryl/α,β-unsaturated/α-hetero) is 1. The van der Waals surface area contributed by atoms with Gasteiger partial charge in [-0.25, -0.2) is 0 Å². The van der Waals surface area contributed by atoms with Gasteiger partial charge in [0.05, 0.1) is 34.5 Å². The Morgan fingerprint density at radius 2 is 1.75 bits per heavy atom. The molecule has 4 rings (SSSR count). The number of benzene rings is 1. The number of nitrogens with zero attached hydrogens (tertiary/aromatic N) is 1. The Labute approximate surface area is 164 Å². The normalized spacial score (nSPS) is 31.8. The lowest BCUT2D eigenvalue weighted by Crippen LogP contribution is -2.75. The first-order chi connectivity index (χ1) is 13.4. The largest absolute Gasteiger partial charge is 0.497 e. The topological polar surface area (TPSA) is 77.5 Å². The number of likely N-dealkylation sites (tertiary alicyclic amines) is 1. The number of carbonyl (C=O) groups excluding carboxylic acids is 1. The van der Waals surface area contributed by atoms with Crippen molar-refractivity contribution in [1.29, 1.82) is 0 Å². The highest BCUT2D eigenvalue weighted by molar-refractivity contribution is 6.04. The van der Waals surface area contributed by atoms with Crippen LogP contribution in [0.15, 0.2) is 23.7 Å². The molecule has 0 radical (unpaired) electrons. The van der Waals surface area contributed by atoms with Crippen molar-refractivity contribution in [3.05, 3.63) is 34.8 Å². The molecule has 28 heavy (non-hydrogen) atoms. The maximum absolute atomic E-state index is 13.5. The summed E-state index contributed by atoms with van der Waals surface area (Å²) in [5.41, 5.74) is -0.417. The van der Waals surface area contributed by atoms with Gasteiger partial charge >= 0.3 is 0 Å². The number of carbonyl (C=O) groups is 1. The molecule has 7 heteroatoms.